The van der Waals surface area contributed by atoms with E-state index in [1.165, 1.54) is 6.08 Å². The van der Waals surface area contributed by atoms with Crippen molar-refractivity contribution < 1.29 is 19.4 Å². The summed E-state index contributed by atoms with van der Waals surface area (Å²) in [6, 6.07) is 15.3. The summed E-state index contributed by atoms with van der Waals surface area (Å²) < 4.78 is 11.2. The van der Waals surface area contributed by atoms with E-state index in [9.17, 15) is 9.90 Å². The lowest BCUT2D eigenvalue weighted by atomic mass is 10.2. The van der Waals surface area contributed by atoms with Gasteiger partial charge in [-0.1, -0.05) is 30.3 Å². The second-order valence-corrected chi connectivity index (χ2v) is 6.72. The fourth-order valence-corrected chi connectivity index (χ4v) is 3.39. The molecule has 1 aliphatic heterocycles. The SMILES string of the molecule is COc1ccccc1N1CCN(CC(O)COc2ccccc2C=C=O)CC1. The molecule has 2 aromatic rings. The van der Waals surface area contributed by atoms with E-state index in [4.69, 9.17) is 9.47 Å². The predicted octanol–water partition coefficient (Wildman–Crippen LogP) is 2.10. The molecule has 0 bridgehead atoms. The Hall–Kier alpha value is -2.79. The van der Waals surface area contributed by atoms with Crippen molar-refractivity contribution in [2.45, 2.75) is 6.10 Å². The van der Waals surface area contributed by atoms with E-state index >= 15 is 0 Å². The van der Waals surface area contributed by atoms with Gasteiger partial charge in [0.25, 0.3) is 0 Å². The van der Waals surface area contributed by atoms with Crippen LogP contribution in [0.2, 0.25) is 0 Å². The molecule has 0 saturated carbocycles. The van der Waals surface area contributed by atoms with Gasteiger partial charge in [0.15, 0.2) is 0 Å². The zero-order chi connectivity index (χ0) is 19.8. The van der Waals surface area contributed by atoms with Crippen LogP contribution in [0, 0.1) is 0 Å². The molecular weight excluding hydrogens is 356 g/mol. The first kappa shape index (κ1) is 20.0. The number of hydrogen-bond donors (Lipinski definition) is 1. The highest BCUT2D eigenvalue weighted by Gasteiger charge is 2.21. The fraction of sp³-hybridized carbons (Fsp3) is 0.364. The average Bonchev–Trinajstić information content (AvgIpc) is 2.74. The van der Waals surface area contributed by atoms with Gasteiger partial charge in [0.2, 0.25) is 0 Å². The standard InChI is InChI=1S/C22H26N2O4/c1-27-22-9-5-3-7-20(22)24-13-11-23(12-14-24)16-19(26)17-28-21-8-4-2-6-18(21)10-15-25/h2-10,19,26H,11-14,16-17H2,1H3. The maximum Gasteiger partial charge on any atom is 0.142 e. The largest absolute Gasteiger partial charge is 0.495 e. The summed E-state index contributed by atoms with van der Waals surface area (Å²) in [5, 5.41) is 10.4. The van der Waals surface area contributed by atoms with Crippen molar-refractivity contribution >= 4 is 17.7 Å². The van der Waals surface area contributed by atoms with Crippen molar-refractivity contribution in [1.82, 2.24) is 4.90 Å². The summed E-state index contributed by atoms with van der Waals surface area (Å²) in [6.45, 7) is 4.20. The van der Waals surface area contributed by atoms with Gasteiger partial charge < -0.3 is 19.5 Å². The topological polar surface area (TPSA) is 62.2 Å². The molecule has 1 unspecified atom stereocenters. The first-order valence-corrected chi connectivity index (χ1v) is 9.42. The number of benzene rings is 2. The number of hydrogen-bond acceptors (Lipinski definition) is 6. The summed E-state index contributed by atoms with van der Waals surface area (Å²) in [6.07, 6.45) is 0.727. The number of aliphatic hydroxyl groups is 1. The number of aliphatic hydroxyl groups excluding tert-OH is 1. The number of rotatable bonds is 8. The number of anilines is 1. The molecule has 148 valence electrons. The zero-order valence-electron chi connectivity index (χ0n) is 16.1. The van der Waals surface area contributed by atoms with Crippen LogP contribution in [0.25, 0.3) is 6.08 Å². The van der Waals surface area contributed by atoms with E-state index in [0.29, 0.717) is 17.9 Å². The number of ether oxygens (including phenoxy) is 2. The van der Waals surface area contributed by atoms with Gasteiger partial charge in [-0.05, 0) is 18.2 Å². The lowest BCUT2D eigenvalue weighted by Gasteiger charge is -2.37. The van der Waals surface area contributed by atoms with Crippen molar-refractivity contribution in [3.63, 3.8) is 0 Å². The molecule has 6 nitrogen and oxygen atoms in total. The van der Waals surface area contributed by atoms with E-state index in [-0.39, 0.29) is 6.61 Å². The Morgan fingerprint density at radius 2 is 1.75 bits per heavy atom. The van der Waals surface area contributed by atoms with E-state index in [2.05, 4.69) is 15.9 Å². The Morgan fingerprint density at radius 3 is 2.46 bits per heavy atom. The molecule has 2 aromatic carbocycles. The van der Waals surface area contributed by atoms with Gasteiger partial charge in [0, 0.05) is 44.4 Å². The van der Waals surface area contributed by atoms with Crippen LogP contribution in [-0.4, -0.2) is 68.5 Å². The molecule has 0 radical (unpaired) electrons. The van der Waals surface area contributed by atoms with Gasteiger partial charge in [-0.15, -0.1) is 0 Å². The van der Waals surface area contributed by atoms with Crippen molar-refractivity contribution in [3.05, 3.63) is 54.1 Å². The summed E-state index contributed by atoms with van der Waals surface area (Å²) in [7, 11) is 1.69. The summed E-state index contributed by atoms with van der Waals surface area (Å²) in [5.74, 6) is 3.22. The highest BCUT2D eigenvalue weighted by molar-refractivity contribution is 5.77. The number of carbonyl (C=O) groups excluding carboxylic acids is 1. The minimum atomic E-state index is -0.605. The van der Waals surface area contributed by atoms with Crippen LogP contribution in [0.5, 0.6) is 11.5 Å². The van der Waals surface area contributed by atoms with Crippen LogP contribution in [-0.2, 0) is 4.79 Å². The van der Waals surface area contributed by atoms with Crippen molar-refractivity contribution in [2.24, 2.45) is 0 Å². The third kappa shape index (κ3) is 5.14. The molecular formula is C22H26N2O4. The lowest BCUT2D eigenvalue weighted by molar-refractivity contribution is 0.0662. The molecule has 1 saturated heterocycles. The molecule has 1 fully saturated rings. The van der Waals surface area contributed by atoms with Gasteiger partial charge in [-0.25, -0.2) is 4.79 Å². The molecule has 6 heteroatoms. The van der Waals surface area contributed by atoms with E-state index < -0.39 is 6.10 Å². The molecule has 0 amide bonds. The predicted molar refractivity (Wildman–Crippen MR) is 110 cm³/mol. The molecule has 3 rings (SSSR count). The van der Waals surface area contributed by atoms with Gasteiger partial charge in [0.1, 0.15) is 30.2 Å². The quantitative estimate of drug-likeness (QED) is 0.706. The Balaban J connectivity index is 1.48. The van der Waals surface area contributed by atoms with Crippen LogP contribution in [0.4, 0.5) is 5.69 Å². The van der Waals surface area contributed by atoms with Gasteiger partial charge in [-0.3, -0.25) is 4.90 Å². The fourth-order valence-electron chi connectivity index (χ4n) is 3.39. The third-order valence-electron chi connectivity index (χ3n) is 4.83. The van der Waals surface area contributed by atoms with Gasteiger partial charge in [0.05, 0.1) is 12.8 Å². The zero-order valence-corrected chi connectivity index (χ0v) is 16.1. The number of methoxy groups -OCH3 is 1. The van der Waals surface area contributed by atoms with Crippen LogP contribution < -0.4 is 14.4 Å². The van der Waals surface area contributed by atoms with E-state index in [0.717, 1.165) is 37.6 Å². The van der Waals surface area contributed by atoms with Crippen LogP contribution >= 0.6 is 0 Å². The first-order valence-electron chi connectivity index (χ1n) is 9.42. The normalized spacial score (nSPS) is 15.6. The van der Waals surface area contributed by atoms with E-state index in [1.807, 2.05) is 30.3 Å². The first-order chi connectivity index (χ1) is 13.7. The lowest BCUT2D eigenvalue weighted by Crippen LogP contribution is -2.49. The van der Waals surface area contributed by atoms with Crippen molar-refractivity contribution in [3.8, 4) is 11.5 Å². The monoisotopic (exact) mass is 382 g/mol. The molecule has 1 N–H and O–H groups in total. The minimum absolute atomic E-state index is 0.177. The second kappa shape index (κ2) is 9.95. The maximum atomic E-state index is 10.6. The molecule has 1 heterocycles. The Labute approximate surface area is 165 Å². The molecule has 0 aliphatic carbocycles. The molecule has 1 atom stereocenters. The third-order valence-corrected chi connectivity index (χ3v) is 4.83. The molecule has 0 spiro atoms. The average molecular weight is 382 g/mol. The molecule has 1 aliphatic rings. The summed E-state index contributed by atoms with van der Waals surface area (Å²) in [5.41, 5.74) is 1.77. The Bertz CT molecular complexity index is 812. The molecule has 0 aromatic heterocycles. The maximum absolute atomic E-state index is 10.6. The molecule has 28 heavy (non-hydrogen) atoms. The van der Waals surface area contributed by atoms with E-state index in [1.54, 1.807) is 25.2 Å². The Morgan fingerprint density at radius 1 is 1.07 bits per heavy atom. The number of piperazine rings is 1. The minimum Gasteiger partial charge on any atom is -0.495 e. The van der Waals surface area contributed by atoms with Crippen LogP contribution in [0.1, 0.15) is 5.56 Å². The smallest absolute Gasteiger partial charge is 0.142 e. The van der Waals surface area contributed by atoms with Crippen LogP contribution in [0.15, 0.2) is 48.5 Å². The van der Waals surface area contributed by atoms with Crippen molar-refractivity contribution in [1.29, 1.82) is 0 Å². The highest BCUT2D eigenvalue weighted by Crippen LogP contribution is 2.28. The summed E-state index contributed by atoms with van der Waals surface area (Å²) in [4.78, 5) is 15.1. The summed E-state index contributed by atoms with van der Waals surface area (Å²) >= 11 is 0. The van der Waals surface area contributed by atoms with Gasteiger partial charge in [-0.2, -0.15) is 0 Å². The van der Waals surface area contributed by atoms with Gasteiger partial charge >= 0.3 is 0 Å². The highest BCUT2D eigenvalue weighted by atomic mass is 16.5. The number of β-amino-alcohol motifs (C(OH)–C–C–N with tert-alkyl or cyclic N) is 1. The number of nitrogens with zero attached hydrogens (tertiary/aromatic N) is 2. The Kier molecular flexibility index (Phi) is 7.09. The van der Waals surface area contributed by atoms with Crippen LogP contribution in [0.3, 0.4) is 0 Å². The second-order valence-electron chi connectivity index (χ2n) is 6.72. The number of para-hydroxylation sites is 3. The van der Waals surface area contributed by atoms with Crippen molar-refractivity contribution in [2.75, 3.05) is 51.3 Å².